The van der Waals surface area contributed by atoms with E-state index in [4.69, 9.17) is 5.26 Å². The minimum absolute atomic E-state index is 0.496. The number of hydrogen-bond donors (Lipinski definition) is 0. The van der Waals surface area contributed by atoms with Crippen LogP contribution in [0.25, 0.3) is 0 Å². The van der Waals surface area contributed by atoms with Crippen molar-refractivity contribution in [2.45, 2.75) is 92.0 Å². The van der Waals surface area contributed by atoms with E-state index in [2.05, 4.69) is 38.9 Å². The van der Waals surface area contributed by atoms with Crippen LogP contribution in [-0.2, 0) is 6.54 Å². The molecule has 8 atom stereocenters. The SMILES string of the molecule is C[C@@H]1CCC2=C3C[C@H]4[C@@H]5CC[C@H]([C@@H](C)Cn6cc(C#N)cn6)[C@@]5(C)CC[C@@]34[C@@]2(C)CC1. The Morgan fingerprint density at radius 3 is 2.74 bits per heavy atom. The molecule has 3 heteroatoms. The Kier molecular flexibility index (Phi) is 4.20. The summed E-state index contributed by atoms with van der Waals surface area (Å²) in [4.78, 5) is 0. The molecule has 166 valence electrons. The highest BCUT2D eigenvalue weighted by Gasteiger charge is 2.75. The van der Waals surface area contributed by atoms with E-state index in [1.807, 2.05) is 22.0 Å². The van der Waals surface area contributed by atoms with Crippen LogP contribution >= 0.6 is 0 Å². The summed E-state index contributed by atoms with van der Waals surface area (Å²) >= 11 is 0. The first-order chi connectivity index (χ1) is 14.8. The van der Waals surface area contributed by atoms with Crippen LogP contribution in [0.5, 0.6) is 0 Å². The van der Waals surface area contributed by atoms with E-state index in [-0.39, 0.29) is 0 Å². The fourth-order valence-electron chi connectivity index (χ4n) is 9.98. The molecule has 0 aromatic carbocycles. The molecular formula is C28H39N3. The van der Waals surface area contributed by atoms with Gasteiger partial charge >= 0.3 is 0 Å². The van der Waals surface area contributed by atoms with Gasteiger partial charge in [0, 0.05) is 18.2 Å². The molecule has 1 aromatic rings. The molecule has 0 radical (unpaired) electrons. The van der Waals surface area contributed by atoms with Crippen LogP contribution in [0.1, 0.15) is 91.0 Å². The van der Waals surface area contributed by atoms with Crippen LogP contribution in [0.2, 0.25) is 0 Å². The molecule has 3 nitrogen and oxygen atoms in total. The number of rotatable bonds is 3. The number of nitrogens with zero attached hydrogens (tertiary/aromatic N) is 3. The Morgan fingerprint density at radius 2 is 1.97 bits per heavy atom. The van der Waals surface area contributed by atoms with E-state index >= 15 is 0 Å². The molecule has 6 rings (SSSR count). The summed E-state index contributed by atoms with van der Waals surface area (Å²) in [5.41, 5.74) is 6.18. The van der Waals surface area contributed by atoms with Crippen molar-refractivity contribution < 1.29 is 0 Å². The van der Waals surface area contributed by atoms with Gasteiger partial charge in [-0.3, -0.25) is 4.68 Å². The molecule has 0 N–H and O–H groups in total. The van der Waals surface area contributed by atoms with Crippen LogP contribution in [0, 0.1) is 57.2 Å². The van der Waals surface area contributed by atoms with Crippen molar-refractivity contribution in [3.05, 3.63) is 29.1 Å². The lowest BCUT2D eigenvalue weighted by molar-refractivity contribution is -0.160. The average Bonchev–Trinajstić information content (AvgIpc) is 3.29. The van der Waals surface area contributed by atoms with Gasteiger partial charge in [0.15, 0.2) is 0 Å². The van der Waals surface area contributed by atoms with Gasteiger partial charge in [-0.15, -0.1) is 0 Å². The summed E-state index contributed by atoms with van der Waals surface area (Å²) < 4.78 is 2.01. The number of fused-ring (bicyclic) bond motifs is 3. The lowest BCUT2D eigenvalue weighted by Crippen LogP contribution is -2.68. The van der Waals surface area contributed by atoms with E-state index in [9.17, 15) is 0 Å². The minimum Gasteiger partial charge on any atom is -0.271 e. The Hall–Kier alpha value is -1.56. The van der Waals surface area contributed by atoms with Crippen LogP contribution in [0.4, 0.5) is 0 Å². The molecule has 0 unspecified atom stereocenters. The van der Waals surface area contributed by atoms with Gasteiger partial charge in [0.1, 0.15) is 6.07 Å². The standard InChI is InChI=1S/C28H39N3/c1-18-5-6-23-25-13-24-22-8-7-21(19(2)16-31-17-20(14-29)15-30-31)26(22,3)11-12-28(24,25)27(23,4)10-9-18/h15,17-19,21-22,24H,5-13,16H2,1-4H3/t18-,19+,21-,22+,24+,26-,27+,28+/m1/s1. The fourth-order valence-corrected chi connectivity index (χ4v) is 9.98. The molecule has 1 spiro atoms. The molecule has 0 aliphatic heterocycles. The molecule has 1 heterocycles. The topological polar surface area (TPSA) is 41.6 Å². The number of aromatic nitrogens is 2. The number of hydrogen-bond acceptors (Lipinski definition) is 2. The van der Waals surface area contributed by atoms with Gasteiger partial charge in [-0.2, -0.15) is 10.4 Å². The highest BCUT2D eigenvalue weighted by Crippen LogP contribution is 2.83. The van der Waals surface area contributed by atoms with Gasteiger partial charge in [-0.05, 0) is 98.2 Å². The van der Waals surface area contributed by atoms with Crippen LogP contribution < -0.4 is 0 Å². The Morgan fingerprint density at radius 1 is 1.13 bits per heavy atom. The average molecular weight is 418 g/mol. The Labute approximate surface area is 188 Å². The lowest BCUT2D eigenvalue weighted by Gasteiger charge is -2.76. The van der Waals surface area contributed by atoms with Crippen molar-refractivity contribution in [1.29, 1.82) is 5.26 Å². The third-order valence-electron chi connectivity index (χ3n) is 11.6. The van der Waals surface area contributed by atoms with E-state index in [1.54, 1.807) is 6.20 Å². The largest absolute Gasteiger partial charge is 0.271 e. The maximum Gasteiger partial charge on any atom is 0.102 e. The molecule has 4 saturated carbocycles. The van der Waals surface area contributed by atoms with Gasteiger partial charge in [0.05, 0.1) is 11.8 Å². The third kappa shape index (κ3) is 2.38. The van der Waals surface area contributed by atoms with Crippen molar-refractivity contribution in [2.75, 3.05) is 0 Å². The summed E-state index contributed by atoms with van der Waals surface area (Å²) in [6.45, 7) is 11.2. The maximum atomic E-state index is 9.13. The van der Waals surface area contributed by atoms with Gasteiger partial charge in [-0.1, -0.05) is 38.8 Å². The predicted molar refractivity (Wildman–Crippen MR) is 123 cm³/mol. The first-order valence-electron chi connectivity index (χ1n) is 13.0. The van der Waals surface area contributed by atoms with Crippen LogP contribution in [0.15, 0.2) is 23.5 Å². The second-order valence-electron chi connectivity index (χ2n) is 12.6. The predicted octanol–water partition coefficient (Wildman–Crippen LogP) is 6.75. The highest BCUT2D eigenvalue weighted by atomic mass is 15.3. The zero-order chi connectivity index (χ0) is 21.6. The van der Waals surface area contributed by atoms with E-state index in [1.165, 1.54) is 57.8 Å². The molecule has 4 fully saturated rings. The normalized spacial score (nSPS) is 46.4. The second kappa shape index (κ2) is 6.49. The summed E-state index contributed by atoms with van der Waals surface area (Å²) in [5, 5.41) is 13.6. The van der Waals surface area contributed by atoms with E-state index in [0.29, 0.717) is 27.7 Å². The Balaban J connectivity index is 1.24. The molecule has 31 heavy (non-hydrogen) atoms. The smallest absolute Gasteiger partial charge is 0.102 e. The zero-order valence-corrected chi connectivity index (χ0v) is 20.0. The molecule has 0 bridgehead atoms. The van der Waals surface area contributed by atoms with Crippen LogP contribution in [0.3, 0.4) is 0 Å². The summed E-state index contributed by atoms with van der Waals surface area (Å²) in [5.74, 6) is 4.20. The first-order valence-corrected chi connectivity index (χ1v) is 13.0. The summed E-state index contributed by atoms with van der Waals surface area (Å²) in [6.07, 6.45) is 16.5. The first kappa shape index (κ1) is 20.1. The molecule has 0 amide bonds. The summed E-state index contributed by atoms with van der Waals surface area (Å²) in [6, 6.07) is 2.22. The highest BCUT2D eigenvalue weighted by molar-refractivity contribution is 5.52. The van der Waals surface area contributed by atoms with Crippen LogP contribution in [-0.4, -0.2) is 9.78 Å². The maximum absolute atomic E-state index is 9.13. The van der Waals surface area contributed by atoms with Crippen molar-refractivity contribution in [3.63, 3.8) is 0 Å². The second-order valence-corrected chi connectivity index (χ2v) is 12.6. The molecular weight excluding hydrogens is 378 g/mol. The molecule has 1 aromatic heterocycles. The lowest BCUT2D eigenvalue weighted by atomic mass is 9.28. The van der Waals surface area contributed by atoms with Crippen molar-refractivity contribution in [1.82, 2.24) is 9.78 Å². The van der Waals surface area contributed by atoms with Gasteiger partial charge < -0.3 is 0 Å². The molecule has 5 aliphatic carbocycles. The third-order valence-corrected chi connectivity index (χ3v) is 11.6. The molecule has 0 saturated heterocycles. The van der Waals surface area contributed by atoms with Gasteiger partial charge in [0.2, 0.25) is 0 Å². The summed E-state index contributed by atoms with van der Waals surface area (Å²) in [7, 11) is 0. The van der Waals surface area contributed by atoms with Crippen molar-refractivity contribution >= 4 is 0 Å². The number of nitriles is 1. The van der Waals surface area contributed by atoms with Crippen molar-refractivity contribution in [2.24, 2.45) is 45.8 Å². The monoisotopic (exact) mass is 417 g/mol. The van der Waals surface area contributed by atoms with E-state index < -0.39 is 0 Å². The number of allylic oxidation sites excluding steroid dienone is 2. The zero-order valence-electron chi connectivity index (χ0n) is 20.0. The molecule has 5 aliphatic rings. The van der Waals surface area contributed by atoms with Crippen molar-refractivity contribution in [3.8, 4) is 6.07 Å². The van der Waals surface area contributed by atoms with Gasteiger partial charge in [-0.25, -0.2) is 0 Å². The Bertz CT molecular complexity index is 981. The van der Waals surface area contributed by atoms with Gasteiger partial charge in [0.25, 0.3) is 0 Å². The van der Waals surface area contributed by atoms with E-state index in [0.717, 1.165) is 30.2 Å². The fraction of sp³-hybridized carbons (Fsp3) is 0.786. The minimum atomic E-state index is 0.496. The quantitative estimate of drug-likeness (QED) is 0.510.